The molecule has 36 heavy (non-hydrogen) atoms. The van der Waals surface area contributed by atoms with Gasteiger partial charge in [0.1, 0.15) is 12.1 Å². The van der Waals surface area contributed by atoms with Crippen molar-refractivity contribution in [1.29, 1.82) is 0 Å². The number of methoxy groups -OCH3 is 1. The van der Waals surface area contributed by atoms with E-state index in [0.29, 0.717) is 30.0 Å². The number of nitrogens with one attached hydrogen (secondary N) is 1. The Kier molecular flexibility index (Phi) is 6.06. The molecule has 3 heterocycles. The van der Waals surface area contributed by atoms with Crippen LogP contribution in [0.25, 0.3) is 33.7 Å². The molecule has 0 amide bonds. The SMILES string of the molecule is CCc1nc2c(c(=O)n(C(C)OC)c(=O)n2C)n1Cc1ccc(-c2ccccc2-c2nnn[nH]2)cc1. The van der Waals surface area contributed by atoms with Gasteiger partial charge in [-0.1, -0.05) is 55.5 Å². The van der Waals surface area contributed by atoms with Gasteiger partial charge in [0.2, 0.25) is 0 Å². The molecule has 184 valence electrons. The highest BCUT2D eigenvalue weighted by molar-refractivity contribution is 5.80. The van der Waals surface area contributed by atoms with Crippen LogP contribution in [0.2, 0.25) is 0 Å². The third-order valence-corrected chi connectivity index (χ3v) is 6.41. The topological polar surface area (TPSA) is 126 Å². The van der Waals surface area contributed by atoms with Crippen LogP contribution in [-0.4, -0.2) is 46.4 Å². The lowest BCUT2D eigenvalue weighted by Crippen LogP contribution is -2.41. The zero-order chi connectivity index (χ0) is 25.4. The molecule has 0 aliphatic rings. The molecule has 0 aliphatic heterocycles. The first kappa shape index (κ1) is 23.4. The Morgan fingerprint density at radius 3 is 2.42 bits per heavy atom. The summed E-state index contributed by atoms with van der Waals surface area (Å²) in [6, 6.07) is 16.0. The summed E-state index contributed by atoms with van der Waals surface area (Å²) in [4.78, 5) is 30.9. The summed E-state index contributed by atoms with van der Waals surface area (Å²) in [7, 11) is 3.09. The molecule has 0 saturated carbocycles. The van der Waals surface area contributed by atoms with Crippen LogP contribution < -0.4 is 11.2 Å². The van der Waals surface area contributed by atoms with E-state index in [2.05, 4.69) is 25.6 Å². The molecule has 0 spiro atoms. The summed E-state index contributed by atoms with van der Waals surface area (Å²) >= 11 is 0. The lowest BCUT2D eigenvalue weighted by Gasteiger charge is -2.15. The number of rotatable bonds is 7. The molecule has 0 aliphatic carbocycles. The molecule has 5 rings (SSSR count). The number of tetrazole rings is 1. The smallest absolute Gasteiger partial charge is 0.334 e. The number of aryl methyl sites for hydroxylation is 2. The maximum absolute atomic E-state index is 13.4. The zero-order valence-corrected chi connectivity index (χ0v) is 20.5. The molecule has 11 heteroatoms. The highest BCUT2D eigenvalue weighted by atomic mass is 16.5. The molecule has 2 aromatic carbocycles. The van der Waals surface area contributed by atoms with Crippen molar-refractivity contribution in [1.82, 2.24) is 39.3 Å². The largest absolute Gasteiger partial charge is 0.361 e. The highest BCUT2D eigenvalue weighted by Gasteiger charge is 2.22. The third-order valence-electron chi connectivity index (χ3n) is 6.41. The summed E-state index contributed by atoms with van der Waals surface area (Å²) in [6.07, 6.45) is -0.0910. The van der Waals surface area contributed by atoms with Crippen LogP contribution in [0.1, 0.15) is 31.5 Å². The summed E-state index contributed by atoms with van der Waals surface area (Å²) in [5.74, 6) is 1.33. The van der Waals surface area contributed by atoms with Crippen LogP contribution >= 0.6 is 0 Å². The van der Waals surface area contributed by atoms with Crippen molar-refractivity contribution in [2.75, 3.05) is 7.11 Å². The highest BCUT2D eigenvalue weighted by Crippen LogP contribution is 2.30. The summed E-state index contributed by atoms with van der Waals surface area (Å²) < 4.78 is 9.70. The monoisotopic (exact) mass is 486 g/mol. The molecule has 0 saturated heterocycles. The normalized spacial score (nSPS) is 12.3. The van der Waals surface area contributed by atoms with E-state index in [0.717, 1.165) is 32.6 Å². The van der Waals surface area contributed by atoms with Crippen molar-refractivity contribution in [3.63, 3.8) is 0 Å². The fraction of sp³-hybridized carbons (Fsp3) is 0.280. The van der Waals surface area contributed by atoms with Gasteiger partial charge in [0.25, 0.3) is 5.56 Å². The van der Waals surface area contributed by atoms with E-state index in [4.69, 9.17) is 4.74 Å². The Morgan fingerprint density at radius 1 is 1.06 bits per heavy atom. The second-order valence-corrected chi connectivity index (χ2v) is 8.48. The first-order valence-corrected chi connectivity index (χ1v) is 11.6. The predicted octanol–water partition coefficient (Wildman–Crippen LogP) is 2.52. The fourth-order valence-electron chi connectivity index (χ4n) is 4.44. The lowest BCUT2D eigenvalue weighted by molar-refractivity contribution is 0.0533. The van der Waals surface area contributed by atoms with Gasteiger partial charge in [0.15, 0.2) is 17.0 Å². The number of hydrogen-bond donors (Lipinski definition) is 1. The number of ether oxygens (including phenoxy) is 1. The first-order valence-electron chi connectivity index (χ1n) is 11.6. The molecule has 3 aromatic heterocycles. The quantitative estimate of drug-likeness (QED) is 0.375. The summed E-state index contributed by atoms with van der Waals surface area (Å²) in [5.41, 5.74) is 3.77. The molecule has 5 aromatic rings. The molecular weight excluding hydrogens is 460 g/mol. The number of benzene rings is 2. The van der Waals surface area contributed by atoms with Crippen LogP contribution in [0, 0.1) is 0 Å². The lowest BCUT2D eigenvalue weighted by atomic mass is 9.98. The maximum Gasteiger partial charge on any atom is 0.334 e. The molecule has 0 radical (unpaired) electrons. The van der Waals surface area contributed by atoms with Crippen LogP contribution in [0.5, 0.6) is 0 Å². The van der Waals surface area contributed by atoms with Crippen molar-refractivity contribution in [3.8, 4) is 22.5 Å². The Morgan fingerprint density at radius 2 is 1.78 bits per heavy atom. The Labute approximate surface area is 206 Å². The number of H-pyrrole nitrogens is 1. The minimum absolute atomic E-state index is 0.368. The van der Waals surface area contributed by atoms with Gasteiger partial charge in [0, 0.05) is 32.7 Å². The molecular formula is C25H26N8O3. The van der Waals surface area contributed by atoms with Crippen LogP contribution in [-0.2, 0) is 24.8 Å². The average molecular weight is 487 g/mol. The standard InChI is InChI=1S/C25H26N8O3/c1-5-20-26-23-21(24(34)33(15(2)36-4)25(35)31(23)3)32(20)14-16-10-12-17(13-11-16)18-8-6-7-9-19(18)22-27-29-30-28-22/h6-13,15H,5,14H2,1-4H3,(H,27,28,29,30). The number of imidazole rings is 1. The van der Waals surface area contributed by atoms with Gasteiger partial charge in [-0.25, -0.2) is 19.4 Å². The van der Waals surface area contributed by atoms with Gasteiger partial charge in [-0.05, 0) is 34.0 Å². The Bertz CT molecular complexity index is 1650. The van der Waals surface area contributed by atoms with E-state index < -0.39 is 17.5 Å². The number of hydrogen-bond acceptors (Lipinski definition) is 7. The van der Waals surface area contributed by atoms with Gasteiger partial charge in [-0.15, -0.1) is 5.10 Å². The number of aromatic amines is 1. The number of nitrogens with zero attached hydrogens (tertiary/aromatic N) is 7. The molecule has 11 nitrogen and oxygen atoms in total. The van der Waals surface area contributed by atoms with E-state index in [1.54, 1.807) is 14.0 Å². The molecule has 0 bridgehead atoms. The summed E-state index contributed by atoms with van der Waals surface area (Å²) in [6.45, 7) is 4.08. The minimum atomic E-state index is -0.701. The van der Waals surface area contributed by atoms with E-state index >= 15 is 0 Å². The number of fused-ring (bicyclic) bond motifs is 1. The average Bonchev–Trinajstić information content (AvgIpc) is 3.56. The summed E-state index contributed by atoms with van der Waals surface area (Å²) in [5, 5.41) is 14.2. The number of aromatic nitrogens is 8. The van der Waals surface area contributed by atoms with Gasteiger partial charge in [0.05, 0.1) is 0 Å². The minimum Gasteiger partial charge on any atom is -0.361 e. The Hall–Kier alpha value is -4.38. The van der Waals surface area contributed by atoms with E-state index in [1.165, 1.54) is 11.7 Å². The van der Waals surface area contributed by atoms with Crippen molar-refractivity contribution in [3.05, 3.63) is 80.8 Å². The zero-order valence-electron chi connectivity index (χ0n) is 20.5. The van der Waals surface area contributed by atoms with E-state index in [-0.39, 0.29) is 0 Å². The fourth-order valence-corrected chi connectivity index (χ4v) is 4.44. The molecule has 1 atom stereocenters. The van der Waals surface area contributed by atoms with Crippen molar-refractivity contribution >= 4 is 11.2 Å². The van der Waals surface area contributed by atoms with Gasteiger partial charge >= 0.3 is 5.69 Å². The van der Waals surface area contributed by atoms with Crippen LogP contribution in [0.3, 0.4) is 0 Å². The van der Waals surface area contributed by atoms with Crippen molar-refractivity contribution in [2.45, 2.75) is 33.0 Å². The molecule has 1 unspecified atom stereocenters. The first-order chi connectivity index (χ1) is 17.4. The Balaban J connectivity index is 1.57. The van der Waals surface area contributed by atoms with Crippen LogP contribution in [0.4, 0.5) is 0 Å². The van der Waals surface area contributed by atoms with E-state index in [1.807, 2.05) is 60.0 Å². The van der Waals surface area contributed by atoms with Gasteiger partial charge in [-0.3, -0.25) is 9.36 Å². The van der Waals surface area contributed by atoms with Gasteiger partial charge in [-0.2, -0.15) is 0 Å². The van der Waals surface area contributed by atoms with Crippen LogP contribution in [0.15, 0.2) is 58.1 Å². The molecule has 0 fully saturated rings. The van der Waals surface area contributed by atoms with Gasteiger partial charge < -0.3 is 9.30 Å². The second-order valence-electron chi connectivity index (χ2n) is 8.48. The van der Waals surface area contributed by atoms with E-state index in [9.17, 15) is 9.59 Å². The second kappa shape index (κ2) is 9.34. The van der Waals surface area contributed by atoms with Crippen molar-refractivity contribution < 1.29 is 4.74 Å². The molecule has 1 N–H and O–H groups in total. The maximum atomic E-state index is 13.4. The van der Waals surface area contributed by atoms with Crippen molar-refractivity contribution in [2.24, 2.45) is 7.05 Å². The predicted molar refractivity (Wildman–Crippen MR) is 134 cm³/mol. The third kappa shape index (κ3) is 3.83.